The van der Waals surface area contributed by atoms with Crippen LogP contribution in [-0.4, -0.2) is 15.5 Å². The molecule has 0 bridgehead atoms. The van der Waals surface area contributed by atoms with E-state index in [4.69, 9.17) is 4.74 Å². The molecule has 0 radical (unpaired) electrons. The first-order valence-corrected chi connectivity index (χ1v) is 6.89. The van der Waals surface area contributed by atoms with Crippen LogP contribution in [0.15, 0.2) is 63.5 Å². The molecule has 2 aromatic rings. The van der Waals surface area contributed by atoms with Crippen LogP contribution in [0.2, 0.25) is 0 Å². The smallest absolute Gasteiger partial charge is 0.206 e. The highest BCUT2D eigenvalue weighted by Gasteiger charge is 2.19. The van der Waals surface area contributed by atoms with E-state index in [0.717, 1.165) is 0 Å². The molecular weight excluding hydrogens is 266 g/mol. The van der Waals surface area contributed by atoms with E-state index < -0.39 is 9.84 Å². The summed E-state index contributed by atoms with van der Waals surface area (Å²) in [4.78, 5) is 10.8. The average molecular weight is 277 g/mol. The van der Waals surface area contributed by atoms with E-state index in [2.05, 4.69) is 5.18 Å². The minimum absolute atomic E-state index is 0.0583. The fraction of sp³-hybridized carbons (Fsp3) is 0.0769. The number of benzene rings is 2. The molecule has 6 heteroatoms. The molecule has 0 spiro atoms. The van der Waals surface area contributed by atoms with Gasteiger partial charge in [-0.3, -0.25) is 0 Å². The van der Waals surface area contributed by atoms with Crippen molar-refractivity contribution in [3.05, 3.63) is 53.4 Å². The molecule has 0 amide bonds. The van der Waals surface area contributed by atoms with Crippen molar-refractivity contribution in [2.24, 2.45) is 5.18 Å². The Hall–Kier alpha value is -2.21. The summed E-state index contributed by atoms with van der Waals surface area (Å²) >= 11 is 0. The number of hydrogen-bond donors (Lipinski definition) is 0. The van der Waals surface area contributed by atoms with Crippen LogP contribution in [0.1, 0.15) is 0 Å². The van der Waals surface area contributed by atoms with Crippen molar-refractivity contribution < 1.29 is 13.2 Å². The van der Waals surface area contributed by atoms with E-state index in [1.807, 2.05) is 0 Å². The summed E-state index contributed by atoms with van der Waals surface area (Å²) < 4.78 is 29.6. The van der Waals surface area contributed by atoms with Gasteiger partial charge in [0.25, 0.3) is 0 Å². The van der Waals surface area contributed by atoms with Crippen LogP contribution in [0.3, 0.4) is 0 Å². The van der Waals surface area contributed by atoms with Crippen LogP contribution in [0, 0.1) is 4.91 Å². The Morgan fingerprint density at radius 1 is 1.00 bits per heavy atom. The number of ether oxygens (including phenoxy) is 1. The summed E-state index contributed by atoms with van der Waals surface area (Å²) in [6, 6.07) is 12.0. The van der Waals surface area contributed by atoms with Crippen molar-refractivity contribution in [1.29, 1.82) is 0 Å². The summed E-state index contributed by atoms with van der Waals surface area (Å²) in [5.41, 5.74) is 0.0644. The Bertz CT molecular complexity index is 696. The quantitative estimate of drug-likeness (QED) is 0.805. The molecule has 0 atom stereocenters. The highest BCUT2D eigenvalue weighted by atomic mass is 32.2. The van der Waals surface area contributed by atoms with E-state index in [1.54, 1.807) is 18.2 Å². The van der Waals surface area contributed by atoms with Gasteiger partial charge in [-0.1, -0.05) is 18.2 Å². The van der Waals surface area contributed by atoms with Gasteiger partial charge in [-0.05, 0) is 29.4 Å². The van der Waals surface area contributed by atoms with Crippen LogP contribution < -0.4 is 4.74 Å². The molecule has 0 aliphatic carbocycles. The van der Waals surface area contributed by atoms with E-state index in [1.165, 1.54) is 37.4 Å². The Kier molecular flexibility index (Phi) is 3.62. The lowest BCUT2D eigenvalue weighted by Crippen LogP contribution is -2.02. The minimum atomic E-state index is -3.62. The molecule has 0 unspecified atom stereocenters. The summed E-state index contributed by atoms with van der Waals surface area (Å²) in [5, 5.41) is 2.77. The van der Waals surface area contributed by atoms with E-state index in [9.17, 15) is 13.3 Å². The number of sulfone groups is 1. The molecule has 0 fully saturated rings. The predicted molar refractivity (Wildman–Crippen MR) is 70.3 cm³/mol. The van der Waals surface area contributed by atoms with Gasteiger partial charge < -0.3 is 4.74 Å². The van der Waals surface area contributed by atoms with Gasteiger partial charge in [-0.25, -0.2) is 8.42 Å². The summed E-state index contributed by atoms with van der Waals surface area (Å²) in [5.74, 6) is 0.131. The maximum Gasteiger partial charge on any atom is 0.206 e. The monoisotopic (exact) mass is 277 g/mol. The lowest BCUT2D eigenvalue weighted by molar-refractivity contribution is 0.415. The van der Waals surface area contributed by atoms with Crippen LogP contribution in [-0.2, 0) is 9.84 Å². The number of methoxy groups -OCH3 is 1. The second-order valence-electron chi connectivity index (χ2n) is 3.74. The molecule has 5 nitrogen and oxygen atoms in total. The largest absolute Gasteiger partial charge is 0.494 e. The van der Waals surface area contributed by atoms with Crippen molar-refractivity contribution >= 4 is 15.5 Å². The topological polar surface area (TPSA) is 72.8 Å². The first kappa shape index (κ1) is 13.2. The lowest BCUT2D eigenvalue weighted by atomic mass is 10.3. The molecule has 0 aliphatic rings. The van der Waals surface area contributed by atoms with E-state index in [0.29, 0.717) is 0 Å². The third-order valence-corrected chi connectivity index (χ3v) is 4.38. The van der Waals surface area contributed by atoms with E-state index >= 15 is 0 Å². The van der Waals surface area contributed by atoms with Gasteiger partial charge in [0.05, 0.1) is 16.9 Å². The number of rotatable bonds is 4. The molecule has 19 heavy (non-hydrogen) atoms. The second kappa shape index (κ2) is 5.19. The first-order chi connectivity index (χ1) is 9.09. The fourth-order valence-electron chi connectivity index (χ4n) is 1.64. The standard InChI is InChI=1S/C13H11NO4S/c1-18-13-9-11(7-8-12(13)14-15)19(16,17)10-5-3-2-4-6-10/h2-9H,1H3. The van der Waals surface area contributed by atoms with Crippen LogP contribution >= 0.6 is 0 Å². The maximum absolute atomic E-state index is 12.3. The summed E-state index contributed by atoms with van der Waals surface area (Å²) in [6.45, 7) is 0. The van der Waals surface area contributed by atoms with Crippen molar-refractivity contribution in [2.75, 3.05) is 7.11 Å². The van der Waals surface area contributed by atoms with Crippen molar-refractivity contribution in [3.63, 3.8) is 0 Å². The molecule has 0 N–H and O–H groups in total. The second-order valence-corrected chi connectivity index (χ2v) is 5.69. The SMILES string of the molecule is COc1cc(S(=O)(=O)c2ccccc2)ccc1N=O. The normalized spacial score (nSPS) is 11.0. The van der Waals surface area contributed by atoms with Gasteiger partial charge >= 0.3 is 0 Å². The van der Waals surface area contributed by atoms with Gasteiger partial charge in [-0.15, -0.1) is 4.91 Å². The summed E-state index contributed by atoms with van der Waals surface area (Å²) in [6.07, 6.45) is 0. The molecule has 0 aromatic heterocycles. The number of nitrogens with zero attached hydrogens (tertiary/aromatic N) is 1. The fourth-order valence-corrected chi connectivity index (χ4v) is 2.93. The molecule has 2 aromatic carbocycles. The van der Waals surface area contributed by atoms with Gasteiger partial charge in [0.2, 0.25) is 9.84 Å². The van der Waals surface area contributed by atoms with Crippen LogP contribution in [0.5, 0.6) is 5.75 Å². The Labute approximate surface area is 110 Å². The Balaban J connectivity index is 2.56. The van der Waals surface area contributed by atoms with Gasteiger partial charge in [-0.2, -0.15) is 0 Å². The Morgan fingerprint density at radius 3 is 2.26 bits per heavy atom. The molecule has 0 aliphatic heterocycles. The molecule has 98 valence electrons. The van der Waals surface area contributed by atoms with Crippen LogP contribution in [0.25, 0.3) is 0 Å². The third-order valence-electron chi connectivity index (χ3n) is 2.61. The molecule has 0 saturated carbocycles. The molecular formula is C13H11NO4S. The molecule has 0 saturated heterocycles. The zero-order valence-electron chi connectivity index (χ0n) is 10.1. The van der Waals surface area contributed by atoms with Gasteiger partial charge in [0.15, 0.2) is 0 Å². The van der Waals surface area contributed by atoms with Crippen molar-refractivity contribution in [3.8, 4) is 5.75 Å². The highest BCUT2D eigenvalue weighted by Crippen LogP contribution is 2.31. The number of hydrogen-bond acceptors (Lipinski definition) is 5. The minimum Gasteiger partial charge on any atom is -0.494 e. The Morgan fingerprint density at radius 2 is 1.68 bits per heavy atom. The van der Waals surface area contributed by atoms with Gasteiger partial charge in [0.1, 0.15) is 11.4 Å². The van der Waals surface area contributed by atoms with Crippen molar-refractivity contribution in [1.82, 2.24) is 0 Å². The lowest BCUT2D eigenvalue weighted by Gasteiger charge is -2.07. The zero-order valence-corrected chi connectivity index (χ0v) is 10.9. The molecule has 0 heterocycles. The number of nitroso groups, excluding NO2 is 1. The molecule has 2 rings (SSSR count). The predicted octanol–water partition coefficient (Wildman–Crippen LogP) is 2.93. The zero-order chi connectivity index (χ0) is 13.9. The first-order valence-electron chi connectivity index (χ1n) is 5.41. The van der Waals surface area contributed by atoms with Crippen LogP contribution in [0.4, 0.5) is 5.69 Å². The van der Waals surface area contributed by atoms with E-state index in [-0.39, 0.29) is 21.2 Å². The summed E-state index contributed by atoms with van der Waals surface area (Å²) in [7, 11) is -2.27. The highest BCUT2D eigenvalue weighted by molar-refractivity contribution is 7.91. The third kappa shape index (κ3) is 2.48. The van der Waals surface area contributed by atoms with Gasteiger partial charge in [0, 0.05) is 6.07 Å². The van der Waals surface area contributed by atoms with Crippen molar-refractivity contribution in [2.45, 2.75) is 9.79 Å². The maximum atomic E-state index is 12.3. The average Bonchev–Trinajstić information content (AvgIpc) is 2.47.